The second-order valence-electron chi connectivity index (χ2n) is 4.00. The van der Waals surface area contributed by atoms with Gasteiger partial charge >= 0.3 is 0 Å². The van der Waals surface area contributed by atoms with Crippen molar-refractivity contribution in [1.82, 2.24) is 0 Å². The molecule has 0 unspecified atom stereocenters. The van der Waals surface area contributed by atoms with Crippen LogP contribution in [0.4, 0.5) is 0 Å². The van der Waals surface area contributed by atoms with Crippen LogP contribution in [0.5, 0.6) is 0 Å². The van der Waals surface area contributed by atoms with Gasteiger partial charge in [-0.15, -0.1) is 0 Å². The minimum absolute atomic E-state index is 0.0417. The van der Waals surface area contributed by atoms with Crippen LogP contribution in [0.1, 0.15) is 18.9 Å². The van der Waals surface area contributed by atoms with Gasteiger partial charge in [0.15, 0.2) is 0 Å². The minimum atomic E-state index is 0.0417. The Hall–Kier alpha value is 0.430. The lowest BCUT2D eigenvalue weighted by Gasteiger charge is -2.30. The molecule has 0 amide bonds. The first-order chi connectivity index (χ1) is 8.18. The predicted octanol–water partition coefficient (Wildman–Crippen LogP) is 4.79. The van der Waals surface area contributed by atoms with Gasteiger partial charge in [-0.3, -0.25) is 0 Å². The first kappa shape index (κ1) is 15.5. The Labute approximate surface area is 125 Å². The fraction of sp³-hybridized carbons (Fsp3) is 0.538. The van der Waals surface area contributed by atoms with Gasteiger partial charge < -0.3 is 4.74 Å². The van der Waals surface area contributed by atoms with Crippen LogP contribution >= 0.6 is 43.5 Å². The zero-order valence-corrected chi connectivity index (χ0v) is 13.8. The van der Waals surface area contributed by atoms with Crippen LogP contribution in [0.25, 0.3) is 0 Å². The van der Waals surface area contributed by atoms with Gasteiger partial charge in [-0.1, -0.05) is 55.6 Å². The normalized spacial score (nSPS) is 11.8. The highest BCUT2D eigenvalue weighted by molar-refractivity contribution is 9.09. The van der Waals surface area contributed by atoms with E-state index in [-0.39, 0.29) is 5.41 Å². The maximum absolute atomic E-state index is 6.06. The van der Waals surface area contributed by atoms with E-state index < -0.39 is 0 Å². The second-order valence-corrected chi connectivity index (χ2v) is 5.56. The third-order valence-corrected chi connectivity index (χ3v) is 5.26. The zero-order valence-electron chi connectivity index (χ0n) is 9.89. The number of ether oxygens (including phenoxy) is 1. The molecule has 0 aliphatic rings. The molecule has 1 aromatic carbocycles. The monoisotopic (exact) mass is 382 g/mol. The summed E-state index contributed by atoms with van der Waals surface area (Å²) in [5.41, 5.74) is 1.29. The summed E-state index contributed by atoms with van der Waals surface area (Å²) in [4.78, 5) is 0. The molecule has 0 spiro atoms. The minimum Gasteiger partial charge on any atom is -0.382 e. The van der Waals surface area contributed by atoms with Crippen molar-refractivity contribution in [2.45, 2.75) is 18.8 Å². The summed E-state index contributed by atoms with van der Waals surface area (Å²) in [5.74, 6) is 0. The molecule has 1 nitrogen and oxygen atoms in total. The molecule has 0 radical (unpaired) electrons. The average Bonchev–Trinajstić information content (AvgIpc) is 2.35. The first-order valence-electron chi connectivity index (χ1n) is 5.64. The molecule has 0 fully saturated rings. The maximum atomic E-state index is 6.06. The number of rotatable bonds is 7. The number of benzene rings is 1. The van der Waals surface area contributed by atoms with Crippen molar-refractivity contribution >= 4 is 43.5 Å². The Morgan fingerprint density at radius 2 is 2.00 bits per heavy atom. The SMILES string of the molecule is CCOCCC(CBr)(CBr)c1cccc(Cl)c1. The van der Waals surface area contributed by atoms with Crippen molar-refractivity contribution in [3.05, 3.63) is 34.9 Å². The molecule has 4 heteroatoms. The van der Waals surface area contributed by atoms with Crippen LogP contribution < -0.4 is 0 Å². The lowest BCUT2D eigenvalue weighted by atomic mass is 9.82. The molecule has 17 heavy (non-hydrogen) atoms. The van der Waals surface area contributed by atoms with Crippen molar-refractivity contribution in [2.24, 2.45) is 0 Å². The summed E-state index contributed by atoms with van der Waals surface area (Å²) in [5, 5.41) is 2.56. The largest absolute Gasteiger partial charge is 0.382 e. The topological polar surface area (TPSA) is 9.23 Å². The highest BCUT2D eigenvalue weighted by Gasteiger charge is 2.29. The molecule has 0 aromatic heterocycles. The summed E-state index contributed by atoms with van der Waals surface area (Å²) < 4.78 is 5.47. The Morgan fingerprint density at radius 1 is 1.29 bits per heavy atom. The Bertz CT molecular complexity index is 340. The quantitative estimate of drug-likeness (QED) is 0.485. The van der Waals surface area contributed by atoms with Gasteiger partial charge in [-0.05, 0) is 31.0 Å². The summed E-state index contributed by atoms with van der Waals surface area (Å²) in [6.45, 7) is 3.54. The molecule has 0 saturated carbocycles. The van der Waals surface area contributed by atoms with E-state index in [2.05, 4.69) is 37.9 Å². The third-order valence-electron chi connectivity index (χ3n) is 2.88. The molecule has 0 aliphatic heterocycles. The van der Waals surface area contributed by atoms with Crippen molar-refractivity contribution in [2.75, 3.05) is 23.9 Å². The molecule has 0 N–H and O–H groups in total. The molecule has 0 saturated heterocycles. The zero-order chi connectivity index (χ0) is 12.7. The first-order valence-corrected chi connectivity index (χ1v) is 8.26. The van der Waals surface area contributed by atoms with Crippen LogP contribution in [0.15, 0.2) is 24.3 Å². The Balaban J connectivity index is 2.89. The number of hydrogen-bond donors (Lipinski definition) is 0. The van der Waals surface area contributed by atoms with Crippen molar-refractivity contribution < 1.29 is 4.74 Å². The van der Waals surface area contributed by atoms with Crippen LogP contribution in [-0.2, 0) is 10.2 Å². The fourth-order valence-electron chi connectivity index (χ4n) is 1.70. The van der Waals surface area contributed by atoms with Crippen molar-refractivity contribution in [1.29, 1.82) is 0 Å². The number of alkyl halides is 2. The number of hydrogen-bond acceptors (Lipinski definition) is 1. The van der Waals surface area contributed by atoms with Gasteiger partial charge in [0.1, 0.15) is 0 Å². The summed E-state index contributed by atoms with van der Waals surface area (Å²) >= 11 is 13.3. The summed E-state index contributed by atoms with van der Waals surface area (Å²) in [6, 6.07) is 8.07. The lowest BCUT2D eigenvalue weighted by Crippen LogP contribution is -2.31. The summed E-state index contributed by atoms with van der Waals surface area (Å²) in [6.07, 6.45) is 0.970. The van der Waals surface area contributed by atoms with E-state index in [9.17, 15) is 0 Å². The highest BCUT2D eigenvalue weighted by Crippen LogP contribution is 2.33. The highest BCUT2D eigenvalue weighted by atomic mass is 79.9. The van der Waals surface area contributed by atoms with E-state index in [4.69, 9.17) is 16.3 Å². The van der Waals surface area contributed by atoms with E-state index >= 15 is 0 Å². The van der Waals surface area contributed by atoms with Crippen molar-refractivity contribution in [3.63, 3.8) is 0 Å². The molecule has 1 aromatic rings. The van der Waals surface area contributed by atoms with E-state index in [1.54, 1.807) is 0 Å². The predicted molar refractivity (Wildman–Crippen MR) is 81.8 cm³/mol. The molecule has 0 atom stereocenters. The van der Waals surface area contributed by atoms with Crippen LogP contribution in [0.3, 0.4) is 0 Å². The molecule has 0 heterocycles. The van der Waals surface area contributed by atoms with E-state index in [0.29, 0.717) is 0 Å². The van der Waals surface area contributed by atoms with Gasteiger partial charge in [-0.25, -0.2) is 0 Å². The second kappa shape index (κ2) is 7.78. The molecular weight excluding hydrogens is 367 g/mol. The molecular formula is C13H17Br2ClO. The van der Waals surface area contributed by atoms with Gasteiger partial charge in [0, 0.05) is 34.3 Å². The lowest BCUT2D eigenvalue weighted by molar-refractivity contribution is 0.131. The number of halogens is 3. The Kier molecular flexibility index (Phi) is 7.08. The molecule has 1 rings (SSSR count). The summed E-state index contributed by atoms with van der Waals surface area (Å²) in [7, 11) is 0. The third kappa shape index (κ3) is 4.23. The van der Waals surface area contributed by atoms with Gasteiger partial charge in [0.2, 0.25) is 0 Å². The fourth-order valence-corrected chi connectivity index (χ4v) is 4.03. The van der Waals surface area contributed by atoms with E-state index in [1.165, 1.54) is 5.56 Å². The van der Waals surface area contributed by atoms with Crippen molar-refractivity contribution in [3.8, 4) is 0 Å². The van der Waals surface area contributed by atoms with Gasteiger partial charge in [-0.2, -0.15) is 0 Å². The smallest absolute Gasteiger partial charge is 0.0474 e. The Morgan fingerprint density at radius 3 is 2.53 bits per heavy atom. The molecule has 96 valence electrons. The maximum Gasteiger partial charge on any atom is 0.0474 e. The van der Waals surface area contributed by atoms with E-state index in [1.807, 2.05) is 25.1 Å². The van der Waals surface area contributed by atoms with Crippen LogP contribution in [0, 0.1) is 0 Å². The standard InChI is InChI=1S/C13H17Br2ClO/c1-2-17-7-6-13(9-14,10-15)11-4-3-5-12(16)8-11/h3-5,8H,2,6-7,9-10H2,1H3. The molecule has 0 aliphatic carbocycles. The van der Waals surface area contributed by atoms with Gasteiger partial charge in [0.05, 0.1) is 0 Å². The average molecular weight is 385 g/mol. The van der Waals surface area contributed by atoms with Gasteiger partial charge in [0.25, 0.3) is 0 Å². The molecule has 0 bridgehead atoms. The van der Waals surface area contributed by atoms with Crippen LogP contribution in [0.2, 0.25) is 5.02 Å². The van der Waals surface area contributed by atoms with E-state index in [0.717, 1.165) is 35.3 Å². The van der Waals surface area contributed by atoms with Crippen LogP contribution in [-0.4, -0.2) is 23.9 Å².